The molecule has 1 aromatic rings. The number of anilines is 1. The van der Waals surface area contributed by atoms with Crippen LogP contribution in [0.4, 0.5) is 10.6 Å². The SMILES string of the molecule is O=C(O)Nc1cc(S)c(Cl)c(Cl)n1. The molecule has 0 fully saturated rings. The van der Waals surface area contributed by atoms with Crippen LogP contribution in [0.2, 0.25) is 10.2 Å². The van der Waals surface area contributed by atoms with Gasteiger partial charge in [0.15, 0.2) is 5.15 Å². The zero-order valence-corrected chi connectivity index (χ0v) is 8.49. The monoisotopic (exact) mass is 238 g/mol. The second kappa shape index (κ2) is 4.04. The average molecular weight is 239 g/mol. The first-order valence-corrected chi connectivity index (χ1v) is 4.26. The number of pyridine rings is 1. The molecule has 13 heavy (non-hydrogen) atoms. The van der Waals surface area contributed by atoms with E-state index in [1.165, 1.54) is 6.07 Å². The Bertz CT molecular complexity index is 335. The molecular formula is C6H4Cl2N2O2S. The Morgan fingerprint density at radius 3 is 2.69 bits per heavy atom. The summed E-state index contributed by atoms with van der Waals surface area (Å²) in [6, 6.07) is 1.37. The minimum Gasteiger partial charge on any atom is -0.465 e. The Morgan fingerprint density at radius 1 is 1.62 bits per heavy atom. The summed E-state index contributed by atoms with van der Waals surface area (Å²) in [5, 5.41) is 10.6. The Morgan fingerprint density at radius 2 is 2.23 bits per heavy atom. The van der Waals surface area contributed by atoms with E-state index >= 15 is 0 Å². The highest BCUT2D eigenvalue weighted by Crippen LogP contribution is 2.28. The summed E-state index contributed by atoms with van der Waals surface area (Å²) in [5.74, 6) is 0.0897. The van der Waals surface area contributed by atoms with Gasteiger partial charge >= 0.3 is 6.09 Å². The maximum absolute atomic E-state index is 10.2. The van der Waals surface area contributed by atoms with Crippen molar-refractivity contribution in [2.75, 3.05) is 5.32 Å². The molecule has 0 aromatic carbocycles. The molecule has 1 amide bonds. The molecule has 0 aliphatic heterocycles. The predicted octanol–water partition coefficient (Wildman–Crippen LogP) is 2.77. The van der Waals surface area contributed by atoms with Crippen LogP contribution in [-0.2, 0) is 0 Å². The third-order valence-electron chi connectivity index (χ3n) is 1.13. The van der Waals surface area contributed by atoms with Gasteiger partial charge in [0.25, 0.3) is 0 Å². The van der Waals surface area contributed by atoms with Crippen LogP contribution in [0.3, 0.4) is 0 Å². The molecule has 0 bridgehead atoms. The first-order valence-electron chi connectivity index (χ1n) is 3.05. The number of halogens is 2. The van der Waals surface area contributed by atoms with E-state index in [0.29, 0.717) is 4.90 Å². The van der Waals surface area contributed by atoms with Crippen molar-refractivity contribution in [1.82, 2.24) is 4.98 Å². The number of hydrogen-bond donors (Lipinski definition) is 3. The van der Waals surface area contributed by atoms with Gasteiger partial charge < -0.3 is 5.11 Å². The molecule has 70 valence electrons. The van der Waals surface area contributed by atoms with E-state index in [1.54, 1.807) is 0 Å². The Labute approximate surface area is 89.3 Å². The van der Waals surface area contributed by atoms with Gasteiger partial charge in [-0.3, -0.25) is 5.32 Å². The third kappa shape index (κ3) is 2.65. The fourth-order valence-corrected chi connectivity index (χ4v) is 1.24. The summed E-state index contributed by atoms with van der Waals surface area (Å²) < 4.78 is 0. The summed E-state index contributed by atoms with van der Waals surface area (Å²) in [7, 11) is 0. The van der Waals surface area contributed by atoms with Crippen LogP contribution >= 0.6 is 35.8 Å². The van der Waals surface area contributed by atoms with Crippen molar-refractivity contribution in [2.24, 2.45) is 0 Å². The number of hydrogen-bond acceptors (Lipinski definition) is 3. The average Bonchev–Trinajstić information content (AvgIpc) is 1.98. The van der Waals surface area contributed by atoms with Crippen molar-refractivity contribution in [3.8, 4) is 0 Å². The molecule has 2 N–H and O–H groups in total. The van der Waals surface area contributed by atoms with E-state index in [4.69, 9.17) is 28.3 Å². The first kappa shape index (κ1) is 10.4. The zero-order chi connectivity index (χ0) is 10.0. The summed E-state index contributed by atoms with van der Waals surface area (Å²) in [6.07, 6.45) is -1.22. The largest absolute Gasteiger partial charge is 0.465 e. The van der Waals surface area contributed by atoms with E-state index < -0.39 is 6.09 Å². The van der Waals surface area contributed by atoms with E-state index in [1.807, 2.05) is 5.32 Å². The lowest BCUT2D eigenvalue weighted by Gasteiger charge is -2.03. The van der Waals surface area contributed by atoms with Crippen LogP contribution in [0.25, 0.3) is 0 Å². The van der Waals surface area contributed by atoms with Gasteiger partial charge in [-0.15, -0.1) is 12.6 Å². The quantitative estimate of drug-likeness (QED) is 0.521. The highest BCUT2D eigenvalue weighted by atomic mass is 35.5. The number of carbonyl (C=O) groups is 1. The van der Waals surface area contributed by atoms with Gasteiger partial charge in [0.1, 0.15) is 5.82 Å². The Kier molecular flexibility index (Phi) is 3.24. The van der Waals surface area contributed by atoms with E-state index in [2.05, 4.69) is 17.6 Å². The summed E-state index contributed by atoms with van der Waals surface area (Å²) in [5.41, 5.74) is 0. The van der Waals surface area contributed by atoms with Crippen molar-refractivity contribution in [2.45, 2.75) is 4.90 Å². The second-order valence-electron chi connectivity index (χ2n) is 2.06. The smallest absolute Gasteiger partial charge is 0.410 e. The normalized spacial score (nSPS) is 9.77. The molecule has 0 aliphatic carbocycles. The minimum atomic E-state index is -1.22. The van der Waals surface area contributed by atoms with Crippen LogP contribution in [0.15, 0.2) is 11.0 Å². The standard InChI is InChI=1S/C6H4Cl2N2O2S/c7-4-2(13)1-3(9-5(4)8)10-6(11)12/h1H,(H,11,12)(H2,9,10,13). The molecule has 0 saturated carbocycles. The first-order chi connectivity index (χ1) is 6.00. The van der Waals surface area contributed by atoms with Crippen LogP contribution in [0.5, 0.6) is 0 Å². The van der Waals surface area contributed by atoms with Gasteiger partial charge in [-0.1, -0.05) is 23.2 Å². The molecule has 1 aromatic heterocycles. The molecule has 0 aliphatic rings. The molecule has 0 unspecified atom stereocenters. The molecular weight excluding hydrogens is 235 g/mol. The molecule has 4 nitrogen and oxygen atoms in total. The van der Waals surface area contributed by atoms with E-state index in [-0.39, 0.29) is 16.0 Å². The van der Waals surface area contributed by atoms with Crippen LogP contribution < -0.4 is 5.32 Å². The number of carboxylic acid groups (broad SMARTS) is 1. The number of nitrogens with zero attached hydrogens (tertiary/aromatic N) is 1. The molecule has 0 atom stereocenters. The van der Waals surface area contributed by atoms with Crippen LogP contribution in [0.1, 0.15) is 0 Å². The third-order valence-corrected chi connectivity index (χ3v) is 2.37. The van der Waals surface area contributed by atoms with E-state index in [0.717, 1.165) is 0 Å². The number of thiol groups is 1. The van der Waals surface area contributed by atoms with Gasteiger partial charge in [-0.25, -0.2) is 9.78 Å². The van der Waals surface area contributed by atoms with Gasteiger partial charge in [0.2, 0.25) is 0 Å². The molecule has 1 rings (SSSR count). The van der Waals surface area contributed by atoms with Crippen molar-refractivity contribution in [3.05, 3.63) is 16.2 Å². The van der Waals surface area contributed by atoms with Crippen LogP contribution in [0, 0.1) is 0 Å². The number of aromatic nitrogens is 1. The lowest BCUT2D eigenvalue weighted by Crippen LogP contribution is -2.08. The van der Waals surface area contributed by atoms with Crippen LogP contribution in [-0.4, -0.2) is 16.2 Å². The Balaban J connectivity index is 3.06. The van der Waals surface area contributed by atoms with Gasteiger partial charge in [0.05, 0.1) is 5.02 Å². The van der Waals surface area contributed by atoms with Gasteiger partial charge in [-0.2, -0.15) is 0 Å². The Hall–Kier alpha value is -0.650. The molecule has 1 heterocycles. The van der Waals surface area contributed by atoms with Gasteiger partial charge in [-0.05, 0) is 6.07 Å². The van der Waals surface area contributed by atoms with Gasteiger partial charge in [0, 0.05) is 4.90 Å². The maximum atomic E-state index is 10.2. The summed E-state index contributed by atoms with van der Waals surface area (Å²) in [4.78, 5) is 14.3. The maximum Gasteiger partial charge on any atom is 0.410 e. The summed E-state index contributed by atoms with van der Waals surface area (Å²) >= 11 is 15.2. The highest BCUT2D eigenvalue weighted by molar-refractivity contribution is 7.80. The fraction of sp³-hybridized carbons (Fsp3) is 0. The molecule has 0 radical (unpaired) electrons. The topological polar surface area (TPSA) is 62.2 Å². The highest BCUT2D eigenvalue weighted by Gasteiger charge is 2.07. The van der Waals surface area contributed by atoms with Crippen molar-refractivity contribution in [1.29, 1.82) is 0 Å². The number of rotatable bonds is 1. The number of amides is 1. The van der Waals surface area contributed by atoms with Crippen molar-refractivity contribution >= 4 is 47.7 Å². The van der Waals surface area contributed by atoms with E-state index in [9.17, 15) is 4.79 Å². The molecule has 0 spiro atoms. The van der Waals surface area contributed by atoms with Crippen molar-refractivity contribution in [3.63, 3.8) is 0 Å². The van der Waals surface area contributed by atoms with Crippen molar-refractivity contribution < 1.29 is 9.90 Å². The molecule has 7 heteroatoms. The minimum absolute atomic E-state index is 0.0120. The predicted molar refractivity (Wildman–Crippen MR) is 53.2 cm³/mol. The number of nitrogens with one attached hydrogen (secondary N) is 1. The lowest BCUT2D eigenvalue weighted by molar-refractivity contribution is 0.209. The second-order valence-corrected chi connectivity index (χ2v) is 3.28. The molecule has 0 saturated heterocycles. The zero-order valence-electron chi connectivity index (χ0n) is 6.08. The fourth-order valence-electron chi connectivity index (χ4n) is 0.659. The lowest BCUT2D eigenvalue weighted by atomic mass is 10.4. The summed E-state index contributed by atoms with van der Waals surface area (Å²) in [6.45, 7) is 0.